The molecule has 0 bridgehead atoms. The van der Waals surface area contributed by atoms with E-state index in [4.69, 9.17) is 0 Å². The Morgan fingerprint density at radius 1 is 1.75 bits per heavy atom. The van der Waals surface area contributed by atoms with Crippen molar-refractivity contribution in [2.24, 2.45) is 0 Å². The summed E-state index contributed by atoms with van der Waals surface area (Å²) in [4.78, 5) is 13.6. The van der Waals surface area contributed by atoms with Gasteiger partial charge in [-0.2, -0.15) is 0 Å². The van der Waals surface area contributed by atoms with Gasteiger partial charge in [-0.05, 0) is 26.7 Å². The third-order valence-electron chi connectivity index (χ3n) is 2.46. The fraction of sp³-hybridized carbons (Fsp3) is 0.875. The van der Waals surface area contributed by atoms with Crippen LogP contribution in [-0.2, 0) is 4.79 Å². The monoisotopic (exact) mass is 188 g/mol. The van der Waals surface area contributed by atoms with Gasteiger partial charge in [0.1, 0.15) is 0 Å². The van der Waals surface area contributed by atoms with Crippen LogP contribution >= 0.6 is 9.39 Å². The molecule has 1 N–H and O–H groups in total. The van der Waals surface area contributed by atoms with Gasteiger partial charge in [-0.25, -0.2) is 0 Å². The van der Waals surface area contributed by atoms with Gasteiger partial charge in [0.05, 0.1) is 6.04 Å². The predicted molar refractivity (Wildman–Crippen MR) is 52.7 cm³/mol. The van der Waals surface area contributed by atoms with E-state index < -0.39 is 0 Å². The minimum atomic E-state index is -0.0736. The second-order valence-electron chi connectivity index (χ2n) is 3.41. The highest BCUT2D eigenvalue weighted by molar-refractivity contribution is 7.13. The van der Waals surface area contributed by atoms with Crippen LogP contribution in [0.25, 0.3) is 0 Å². The maximum absolute atomic E-state index is 11.6. The van der Waals surface area contributed by atoms with Crippen LogP contribution in [0.5, 0.6) is 0 Å². The molecule has 70 valence electrons. The summed E-state index contributed by atoms with van der Waals surface area (Å²) in [7, 11) is 2.38. The van der Waals surface area contributed by atoms with Crippen molar-refractivity contribution in [2.45, 2.75) is 38.8 Å². The lowest BCUT2D eigenvalue weighted by Crippen LogP contribution is -2.43. The molecule has 1 rings (SSSR count). The van der Waals surface area contributed by atoms with Gasteiger partial charge in [0.25, 0.3) is 0 Å². The lowest BCUT2D eigenvalue weighted by atomic mass is 10.2. The zero-order chi connectivity index (χ0) is 9.14. The summed E-state index contributed by atoms with van der Waals surface area (Å²) in [5.41, 5.74) is 0. The number of carbonyl (C=O) groups excluding carboxylic acids is 1. The van der Waals surface area contributed by atoms with Gasteiger partial charge >= 0.3 is 0 Å². The Morgan fingerprint density at radius 3 is 2.83 bits per heavy atom. The third kappa shape index (κ3) is 1.96. The van der Waals surface area contributed by atoms with Crippen LogP contribution in [0.15, 0.2) is 0 Å². The number of hydrogen-bond donors (Lipinski definition) is 1. The molecular weight excluding hydrogens is 171 g/mol. The van der Waals surface area contributed by atoms with Gasteiger partial charge in [0.2, 0.25) is 5.91 Å². The number of likely N-dealkylation sites (tertiary alicyclic amines) is 1. The van der Waals surface area contributed by atoms with Crippen molar-refractivity contribution in [3.63, 3.8) is 0 Å². The normalized spacial score (nSPS) is 25.9. The van der Waals surface area contributed by atoms with Crippen LogP contribution in [0, 0.1) is 0 Å². The largest absolute Gasteiger partial charge is 0.339 e. The number of carbonyl (C=O) groups is 1. The SMILES string of the molecule is CC(NP)C(=O)N1CCCC1C. The zero-order valence-electron chi connectivity index (χ0n) is 7.71. The van der Waals surface area contributed by atoms with E-state index in [9.17, 15) is 4.79 Å². The van der Waals surface area contributed by atoms with Crippen LogP contribution < -0.4 is 5.09 Å². The molecule has 3 nitrogen and oxygen atoms in total. The van der Waals surface area contributed by atoms with Crippen molar-refractivity contribution in [2.75, 3.05) is 6.54 Å². The molecule has 0 aliphatic carbocycles. The molecule has 4 heteroatoms. The second kappa shape index (κ2) is 4.20. The Hall–Kier alpha value is -0.140. The van der Waals surface area contributed by atoms with Crippen LogP contribution in [0.3, 0.4) is 0 Å². The van der Waals surface area contributed by atoms with E-state index in [1.54, 1.807) is 0 Å². The minimum Gasteiger partial charge on any atom is -0.339 e. The lowest BCUT2D eigenvalue weighted by molar-refractivity contribution is -0.133. The van der Waals surface area contributed by atoms with Gasteiger partial charge in [0, 0.05) is 12.6 Å². The number of nitrogens with zero attached hydrogens (tertiary/aromatic N) is 1. The molecule has 0 aromatic rings. The summed E-state index contributed by atoms with van der Waals surface area (Å²) < 4.78 is 0. The lowest BCUT2D eigenvalue weighted by Gasteiger charge is -2.24. The van der Waals surface area contributed by atoms with E-state index in [1.807, 2.05) is 11.8 Å². The zero-order valence-corrected chi connectivity index (χ0v) is 8.86. The number of hydrogen-bond acceptors (Lipinski definition) is 2. The first kappa shape index (κ1) is 9.94. The fourth-order valence-corrected chi connectivity index (χ4v) is 1.72. The molecule has 0 saturated carbocycles. The molecule has 1 amide bonds. The van der Waals surface area contributed by atoms with Crippen LogP contribution in [-0.4, -0.2) is 29.4 Å². The highest BCUT2D eigenvalue weighted by atomic mass is 31.0. The predicted octanol–water partition coefficient (Wildman–Crippen LogP) is 0.765. The van der Waals surface area contributed by atoms with Gasteiger partial charge in [-0.1, -0.05) is 9.39 Å². The molecule has 1 aliphatic rings. The molecule has 3 unspecified atom stereocenters. The molecule has 0 aromatic heterocycles. The quantitative estimate of drug-likeness (QED) is 0.649. The molecular formula is C8H17N2OP. The molecule has 1 aliphatic heterocycles. The van der Waals surface area contributed by atoms with Gasteiger partial charge in [-0.15, -0.1) is 0 Å². The molecule has 1 fully saturated rings. The van der Waals surface area contributed by atoms with Crippen LogP contribution in [0.1, 0.15) is 26.7 Å². The summed E-state index contributed by atoms with van der Waals surface area (Å²) in [6, 6.07) is 0.355. The number of nitrogens with one attached hydrogen (secondary N) is 1. The topological polar surface area (TPSA) is 32.3 Å². The van der Waals surface area contributed by atoms with E-state index in [0.29, 0.717) is 6.04 Å². The molecule has 12 heavy (non-hydrogen) atoms. The molecule has 3 atom stereocenters. The van der Waals surface area contributed by atoms with Crippen molar-refractivity contribution in [3.05, 3.63) is 0 Å². The first-order chi connectivity index (χ1) is 5.66. The van der Waals surface area contributed by atoms with Crippen molar-refractivity contribution in [1.82, 2.24) is 9.99 Å². The number of rotatable bonds is 2. The molecule has 0 radical (unpaired) electrons. The Labute approximate surface area is 76.1 Å². The fourth-order valence-electron chi connectivity index (χ4n) is 1.58. The molecule has 0 spiro atoms. The Bertz CT molecular complexity index is 174. The summed E-state index contributed by atoms with van der Waals surface area (Å²) in [5.74, 6) is 0.218. The summed E-state index contributed by atoms with van der Waals surface area (Å²) in [6.07, 6.45) is 2.30. The van der Waals surface area contributed by atoms with Crippen LogP contribution in [0.2, 0.25) is 0 Å². The average molecular weight is 188 g/mol. The smallest absolute Gasteiger partial charge is 0.239 e. The molecule has 1 saturated heterocycles. The summed E-state index contributed by atoms with van der Waals surface area (Å²) in [5, 5.41) is 2.89. The maximum atomic E-state index is 11.6. The van der Waals surface area contributed by atoms with Crippen molar-refractivity contribution in [1.29, 1.82) is 0 Å². The molecule has 1 heterocycles. The first-order valence-electron chi connectivity index (χ1n) is 4.43. The van der Waals surface area contributed by atoms with E-state index >= 15 is 0 Å². The third-order valence-corrected chi connectivity index (χ3v) is 2.96. The van der Waals surface area contributed by atoms with E-state index in [1.165, 1.54) is 0 Å². The molecule has 0 aromatic carbocycles. The standard InChI is InChI=1S/C8H17N2OP/c1-6-4-3-5-10(6)8(11)7(2)9-12/h6-7,9H,3-5,12H2,1-2H3. The van der Waals surface area contributed by atoms with Crippen LogP contribution in [0.4, 0.5) is 0 Å². The summed E-state index contributed by atoms with van der Waals surface area (Å²) >= 11 is 0. The highest BCUT2D eigenvalue weighted by Crippen LogP contribution is 2.17. The number of amides is 1. The van der Waals surface area contributed by atoms with Crippen molar-refractivity contribution in [3.8, 4) is 0 Å². The second-order valence-corrected chi connectivity index (χ2v) is 3.74. The Balaban J connectivity index is 2.51. The maximum Gasteiger partial charge on any atom is 0.239 e. The highest BCUT2D eigenvalue weighted by Gasteiger charge is 2.27. The Morgan fingerprint density at radius 2 is 2.42 bits per heavy atom. The summed E-state index contributed by atoms with van der Waals surface area (Å²) in [6.45, 7) is 4.93. The van der Waals surface area contributed by atoms with Crippen molar-refractivity contribution < 1.29 is 4.79 Å². The van der Waals surface area contributed by atoms with Gasteiger partial charge in [0.15, 0.2) is 0 Å². The minimum absolute atomic E-state index is 0.0736. The van der Waals surface area contributed by atoms with E-state index in [0.717, 1.165) is 19.4 Å². The van der Waals surface area contributed by atoms with Gasteiger partial charge < -0.3 is 4.90 Å². The van der Waals surface area contributed by atoms with E-state index in [2.05, 4.69) is 21.4 Å². The van der Waals surface area contributed by atoms with E-state index in [-0.39, 0.29) is 11.9 Å². The van der Waals surface area contributed by atoms with Gasteiger partial charge in [-0.3, -0.25) is 9.88 Å². The Kier molecular flexibility index (Phi) is 3.48. The van der Waals surface area contributed by atoms with Crippen molar-refractivity contribution >= 4 is 15.3 Å². The first-order valence-corrected chi connectivity index (χ1v) is 5.01. The average Bonchev–Trinajstić information content (AvgIpc) is 2.48.